The minimum absolute atomic E-state index is 0.107. The lowest BCUT2D eigenvalue weighted by atomic mass is 10.2. The van der Waals surface area contributed by atoms with Gasteiger partial charge in [0.1, 0.15) is 0 Å². The number of alkyl halides is 6. The Labute approximate surface area is 169 Å². The zero-order valence-corrected chi connectivity index (χ0v) is 16.7. The van der Waals surface area contributed by atoms with Crippen molar-refractivity contribution in [1.29, 1.82) is 0 Å². The highest BCUT2D eigenvalue weighted by atomic mass is 35.6. The molecule has 0 saturated heterocycles. The van der Waals surface area contributed by atoms with Gasteiger partial charge in [-0.2, -0.15) is 0 Å². The van der Waals surface area contributed by atoms with E-state index in [1.807, 2.05) is 30.3 Å². The van der Waals surface area contributed by atoms with Gasteiger partial charge in [0.15, 0.2) is 17.8 Å². The van der Waals surface area contributed by atoms with Crippen LogP contribution >= 0.6 is 69.6 Å². The Bertz CT molecular complexity index is 663. The SMILES string of the molecule is CON1C(C=Cc2ccccc2)=NC(C(Cl)(Cl)Cl)=NC1C(Cl)(Cl)Cl. The lowest BCUT2D eigenvalue weighted by Crippen LogP contribution is -2.49. The Balaban J connectivity index is 2.44. The van der Waals surface area contributed by atoms with E-state index in [9.17, 15) is 0 Å². The zero-order valence-electron chi connectivity index (χ0n) is 12.1. The molecular weight excluding hydrogens is 439 g/mol. The highest BCUT2D eigenvalue weighted by molar-refractivity contribution is 6.77. The first-order chi connectivity index (χ1) is 11.1. The van der Waals surface area contributed by atoms with E-state index in [0.29, 0.717) is 0 Å². The molecule has 1 aliphatic heterocycles. The van der Waals surface area contributed by atoms with Crippen molar-refractivity contribution in [2.45, 2.75) is 13.8 Å². The van der Waals surface area contributed by atoms with Crippen LogP contribution in [0.1, 0.15) is 5.56 Å². The topological polar surface area (TPSA) is 37.2 Å². The molecule has 1 unspecified atom stereocenters. The van der Waals surface area contributed by atoms with Gasteiger partial charge in [-0.05, 0) is 11.6 Å². The molecule has 130 valence electrons. The lowest BCUT2D eigenvalue weighted by Gasteiger charge is -2.35. The van der Waals surface area contributed by atoms with Crippen molar-refractivity contribution in [2.75, 3.05) is 7.11 Å². The Morgan fingerprint density at radius 2 is 1.67 bits per heavy atom. The van der Waals surface area contributed by atoms with E-state index < -0.39 is 13.8 Å². The molecule has 0 N–H and O–H groups in total. The minimum Gasteiger partial charge on any atom is -0.273 e. The number of hydroxylamine groups is 2. The molecule has 10 heteroatoms. The van der Waals surface area contributed by atoms with Gasteiger partial charge in [0, 0.05) is 0 Å². The van der Waals surface area contributed by atoms with Gasteiger partial charge in [-0.3, -0.25) is 4.84 Å². The quantitative estimate of drug-likeness (QED) is 0.576. The Morgan fingerprint density at radius 3 is 2.17 bits per heavy atom. The van der Waals surface area contributed by atoms with Gasteiger partial charge in [-0.15, -0.1) is 0 Å². The van der Waals surface area contributed by atoms with Crippen LogP contribution in [0, 0.1) is 0 Å². The third-order valence-corrected chi connectivity index (χ3v) is 3.97. The van der Waals surface area contributed by atoms with Gasteiger partial charge in [-0.25, -0.2) is 15.0 Å². The van der Waals surface area contributed by atoms with E-state index in [1.54, 1.807) is 12.2 Å². The van der Waals surface area contributed by atoms with Gasteiger partial charge in [0.05, 0.1) is 7.11 Å². The fourth-order valence-corrected chi connectivity index (χ4v) is 2.55. The number of amidine groups is 2. The minimum atomic E-state index is -1.88. The van der Waals surface area contributed by atoms with Gasteiger partial charge >= 0.3 is 0 Å². The van der Waals surface area contributed by atoms with E-state index in [0.717, 1.165) is 5.56 Å². The fourth-order valence-electron chi connectivity index (χ4n) is 1.86. The maximum Gasteiger partial charge on any atom is 0.249 e. The molecule has 1 heterocycles. The summed E-state index contributed by atoms with van der Waals surface area (Å²) in [5.41, 5.74) is 0.930. The molecule has 1 atom stereocenters. The molecule has 0 saturated carbocycles. The summed E-state index contributed by atoms with van der Waals surface area (Å²) in [7, 11) is 1.39. The van der Waals surface area contributed by atoms with E-state index in [-0.39, 0.29) is 11.7 Å². The second-order valence-corrected chi connectivity index (χ2v) is 9.24. The normalized spacial score (nSPS) is 19.5. The smallest absolute Gasteiger partial charge is 0.249 e. The summed E-state index contributed by atoms with van der Waals surface area (Å²) < 4.78 is -3.71. The molecule has 0 spiro atoms. The van der Waals surface area contributed by atoms with Crippen molar-refractivity contribution in [3.8, 4) is 0 Å². The van der Waals surface area contributed by atoms with Crippen LogP contribution in [0.3, 0.4) is 0 Å². The summed E-state index contributed by atoms with van der Waals surface area (Å²) >= 11 is 35.6. The molecule has 4 nitrogen and oxygen atoms in total. The monoisotopic (exact) mass is 447 g/mol. The molecule has 2 rings (SSSR count). The van der Waals surface area contributed by atoms with Crippen LogP contribution in [0.25, 0.3) is 6.08 Å². The number of halogens is 6. The van der Waals surface area contributed by atoms with Gasteiger partial charge in [0.2, 0.25) is 7.59 Å². The van der Waals surface area contributed by atoms with Crippen molar-refractivity contribution in [2.24, 2.45) is 9.98 Å². The molecule has 0 aromatic heterocycles. The van der Waals surface area contributed by atoms with Crippen LogP contribution in [-0.4, -0.2) is 37.6 Å². The molecule has 1 aromatic rings. The maximum absolute atomic E-state index is 5.98. The largest absolute Gasteiger partial charge is 0.273 e. The van der Waals surface area contributed by atoms with Crippen molar-refractivity contribution in [3.63, 3.8) is 0 Å². The molecule has 0 radical (unpaired) electrons. The second kappa shape index (κ2) is 8.00. The summed E-state index contributed by atoms with van der Waals surface area (Å²) in [5.74, 6) is 0.166. The van der Waals surface area contributed by atoms with Crippen LogP contribution < -0.4 is 0 Å². The van der Waals surface area contributed by atoms with E-state index in [1.165, 1.54) is 12.2 Å². The molecule has 0 aliphatic carbocycles. The van der Waals surface area contributed by atoms with Gasteiger partial charge < -0.3 is 0 Å². The first-order valence-corrected chi connectivity index (χ1v) is 8.76. The molecule has 1 aliphatic rings. The number of hydrogen-bond acceptors (Lipinski definition) is 4. The van der Waals surface area contributed by atoms with Gasteiger partial charge in [0.25, 0.3) is 0 Å². The predicted octanol–water partition coefficient (Wildman–Crippen LogP) is 5.44. The van der Waals surface area contributed by atoms with Crippen LogP contribution in [0.4, 0.5) is 0 Å². The lowest BCUT2D eigenvalue weighted by molar-refractivity contribution is -0.0940. The Morgan fingerprint density at radius 1 is 1.04 bits per heavy atom. The number of aliphatic imine (C=N–C) groups is 2. The molecular formula is C14H11Cl6N3O. The first-order valence-electron chi connectivity index (χ1n) is 6.50. The van der Waals surface area contributed by atoms with E-state index in [4.69, 9.17) is 74.4 Å². The average Bonchev–Trinajstić information content (AvgIpc) is 2.51. The molecule has 0 fully saturated rings. The maximum atomic E-state index is 5.98. The third-order valence-electron chi connectivity index (χ3n) is 2.88. The third kappa shape index (κ3) is 5.15. The zero-order chi connectivity index (χ0) is 18.0. The summed E-state index contributed by atoms with van der Waals surface area (Å²) in [6.07, 6.45) is 2.36. The van der Waals surface area contributed by atoms with E-state index >= 15 is 0 Å². The number of nitrogens with zero attached hydrogens (tertiary/aromatic N) is 3. The second-order valence-electron chi connectivity index (χ2n) is 4.59. The summed E-state index contributed by atoms with van der Waals surface area (Å²) in [5, 5.41) is 1.23. The highest BCUT2D eigenvalue weighted by Crippen LogP contribution is 2.39. The number of hydrogen-bond donors (Lipinski definition) is 0. The molecule has 0 bridgehead atoms. The molecule has 24 heavy (non-hydrogen) atoms. The standard InChI is InChI=1S/C14H11Cl6N3O/c1-24-23-10(8-7-9-5-3-2-4-6-9)21-11(13(15,16)17)22-12(23)14(18,19)20/h2-8,12H,1H3. The Kier molecular flexibility index (Phi) is 6.71. The van der Waals surface area contributed by atoms with Crippen LogP contribution in [0.2, 0.25) is 0 Å². The van der Waals surface area contributed by atoms with Gasteiger partial charge in [-0.1, -0.05) is 106 Å². The number of benzene rings is 1. The average molecular weight is 450 g/mol. The Hall–Kier alpha value is -0.200. The van der Waals surface area contributed by atoms with Crippen molar-refractivity contribution in [1.82, 2.24) is 5.06 Å². The van der Waals surface area contributed by atoms with Crippen molar-refractivity contribution in [3.05, 3.63) is 42.0 Å². The van der Waals surface area contributed by atoms with E-state index in [2.05, 4.69) is 9.98 Å². The van der Waals surface area contributed by atoms with Crippen molar-refractivity contribution >= 4 is 87.4 Å². The molecule has 0 amide bonds. The number of rotatable bonds is 3. The van der Waals surface area contributed by atoms with Crippen LogP contribution in [-0.2, 0) is 4.84 Å². The highest BCUT2D eigenvalue weighted by Gasteiger charge is 2.44. The summed E-state index contributed by atoms with van der Waals surface area (Å²) in [4.78, 5) is 13.5. The summed E-state index contributed by atoms with van der Waals surface area (Å²) in [6, 6.07) is 9.52. The van der Waals surface area contributed by atoms with Crippen LogP contribution in [0.5, 0.6) is 0 Å². The van der Waals surface area contributed by atoms with Crippen molar-refractivity contribution < 1.29 is 4.84 Å². The first kappa shape index (κ1) is 20.1. The molecule has 1 aromatic carbocycles. The predicted molar refractivity (Wildman–Crippen MR) is 104 cm³/mol. The fraction of sp³-hybridized carbons (Fsp3) is 0.286. The van der Waals surface area contributed by atoms with Crippen LogP contribution in [0.15, 0.2) is 46.4 Å². The summed E-state index contributed by atoms with van der Waals surface area (Å²) in [6.45, 7) is 0.